The predicted octanol–water partition coefficient (Wildman–Crippen LogP) is 6.24. The Hall–Kier alpha value is -2.09. The van der Waals surface area contributed by atoms with Gasteiger partial charge in [0.2, 0.25) is 0 Å². The molecule has 8 heteroatoms. The third kappa shape index (κ3) is 5.29. The van der Waals surface area contributed by atoms with Gasteiger partial charge in [-0.15, -0.1) is 0 Å². The molecule has 0 amide bonds. The number of anilines is 1. The Bertz CT molecular complexity index is 979. The molecule has 29 heavy (non-hydrogen) atoms. The molecule has 2 aromatic rings. The molecule has 0 unspecified atom stereocenters. The monoisotopic (exact) mass is 431 g/mol. The highest BCUT2D eigenvalue weighted by Gasteiger charge is 2.32. The van der Waals surface area contributed by atoms with Gasteiger partial charge in [-0.05, 0) is 52.3 Å². The summed E-state index contributed by atoms with van der Waals surface area (Å²) >= 11 is 0. The Balaban J connectivity index is 2.61. The van der Waals surface area contributed by atoms with Gasteiger partial charge < -0.3 is 0 Å². The van der Waals surface area contributed by atoms with Crippen molar-refractivity contribution < 1.29 is 26.0 Å². The Labute approximate surface area is 169 Å². The average Bonchev–Trinajstić information content (AvgIpc) is 2.51. The van der Waals surface area contributed by atoms with Crippen molar-refractivity contribution in [1.29, 1.82) is 0 Å². The fourth-order valence-corrected chi connectivity index (χ4v) is 3.92. The van der Waals surface area contributed by atoms with Gasteiger partial charge in [0.1, 0.15) is 5.82 Å². The van der Waals surface area contributed by atoms with Gasteiger partial charge >= 0.3 is 6.18 Å². The number of hydrogen-bond donors (Lipinski definition) is 1. The first-order chi connectivity index (χ1) is 12.9. The molecule has 0 aromatic heterocycles. The summed E-state index contributed by atoms with van der Waals surface area (Å²) in [5.74, 6) is -0.483. The van der Waals surface area contributed by atoms with Crippen molar-refractivity contribution in [3.05, 3.63) is 58.9 Å². The summed E-state index contributed by atoms with van der Waals surface area (Å²) in [7, 11) is -4.24. The molecule has 0 radical (unpaired) electrons. The van der Waals surface area contributed by atoms with E-state index in [1.807, 2.05) is 0 Å². The molecule has 2 aromatic carbocycles. The summed E-state index contributed by atoms with van der Waals surface area (Å²) in [6, 6.07) is 6.39. The zero-order valence-electron chi connectivity index (χ0n) is 17.2. The van der Waals surface area contributed by atoms with Crippen molar-refractivity contribution in [2.75, 3.05) is 4.72 Å². The first kappa shape index (κ1) is 23.2. The lowest BCUT2D eigenvalue weighted by atomic mass is 9.80. The van der Waals surface area contributed by atoms with E-state index in [2.05, 4.69) is 4.72 Å². The molecule has 0 bridgehead atoms. The van der Waals surface area contributed by atoms with Crippen LogP contribution in [0.5, 0.6) is 0 Å². The first-order valence-corrected chi connectivity index (χ1v) is 10.5. The van der Waals surface area contributed by atoms with Crippen LogP contribution in [0.2, 0.25) is 0 Å². The minimum atomic E-state index is -4.60. The van der Waals surface area contributed by atoms with Crippen LogP contribution in [-0.2, 0) is 27.0 Å². The lowest BCUT2D eigenvalue weighted by Crippen LogP contribution is -2.23. The highest BCUT2D eigenvalue weighted by atomic mass is 32.2. The molecule has 0 aliphatic carbocycles. The van der Waals surface area contributed by atoms with Crippen LogP contribution < -0.4 is 4.72 Å². The van der Waals surface area contributed by atoms with Gasteiger partial charge in [-0.3, -0.25) is 4.72 Å². The number of nitrogens with one attached hydrogen (secondary N) is 1. The SMILES string of the molecule is CC(C)(C)c1cc(S(=O)(=O)Nc2cccc(C(F)(F)F)c2)cc(C(C)(C)C)c1F. The van der Waals surface area contributed by atoms with Crippen molar-refractivity contribution >= 4 is 15.7 Å². The highest BCUT2D eigenvalue weighted by molar-refractivity contribution is 7.92. The van der Waals surface area contributed by atoms with Gasteiger partial charge in [0.15, 0.2) is 0 Å². The van der Waals surface area contributed by atoms with Crippen molar-refractivity contribution in [3.8, 4) is 0 Å². The summed E-state index contributed by atoms with van der Waals surface area (Å²) < 4.78 is 81.9. The molecule has 0 fully saturated rings. The first-order valence-electron chi connectivity index (χ1n) is 8.97. The molecule has 0 heterocycles. The molecule has 0 aliphatic heterocycles. The maximum Gasteiger partial charge on any atom is 0.416 e. The molecule has 0 saturated carbocycles. The summed E-state index contributed by atoms with van der Waals surface area (Å²) in [4.78, 5) is -0.203. The van der Waals surface area contributed by atoms with Crippen LogP contribution in [0.3, 0.4) is 0 Å². The lowest BCUT2D eigenvalue weighted by Gasteiger charge is -2.27. The zero-order chi connectivity index (χ0) is 22.4. The van der Waals surface area contributed by atoms with E-state index < -0.39 is 38.4 Å². The Morgan fingerprint density at radius 1 is 0.828 bits per heavy atom. The standard InChI is InChI=1S/C21H25F4NO2S/c1-19(2,3)16-11-15(12-17(18(16)22)20(4,5)6)29(27,28)26-14-9-7-8-13(10-14)21(23,24)25/h7-12,26H,1-6H3. The van der Waals surface area contributed by atoms with Gasteiger partial charge in [0.05, 0.1) is 10.5 Å². The maximum absolute atomic E-state index is 15.1. The topological polar surface area (TPSA) is 46.2 Å². The van der Waals surface area contributed by atoms with Gasteiger partial charge in [0, 0.05) is 5.69 Å². The van der Waals surface area contributed by atoms with E-state index in [0.29, 0.717) is 0 Å². The van der Waals surface area contributed by atoms with E-state index in [9.17, 15) is 21.6 Å². The van der Waals surface area contributed by atoms with Gasteiger partial charge in [0.25, 0.3) is 10.0 Å². The number of benzene rings is 2. The summed E-state index contributed by atoms with van der Waals surface area (Å²) in [6.45, 7) is 10.6. The molecular weight excluding hydrogens is 406 g/mol. The van der Waals surface area contributed by atoms with E-state index in [0.717, 1.165) is 18.2 Å². The van der Waals surface area contributed by atoms with Gasteiger partial charge in [-0.2, -0.15) is 13.2 Å². The summed E-state index contributed by atoms with van der Waals surface area (Å²) in [6.07, 6.45) is -4.60. The van der Waals surface area contributed by atoms with E-state index in [4.69, 9.17) is 0 Å². The van der Waals surface area contributed by atoms with Crippen LogP contribution in [0.4, 0.5) is 23.2 Å². The quantitative estimate of drug-likeness (QED) is 0.585. The minimum absolute atomic E-state index is 0.203. The van der Waals surface area contributed by atoms with Crippen molar-refractivity contribution in [2.45, 2.75) is 63.4 Å². The smallest absolute Gasteiger partial charge is 0.280 e. The molecule has 1 N–H and O–H groups in total. The van der Waals surface area contributed by atoms with Gasteiger partial charge in [-0.1, -0.05) is 47.6 Å². The van der Waals surface area contributed by atoms with E-state index in [1.165, 1.54) is 18.2 Å². The molecule has 0 atom stereocenters. The van der Waals surface area contributed by atoms with Crippen molar-refractivity contribution in [2.24, 2.45) is 0 Å². The fourth-order valence-electron chi connectivity index (χ4n) is 2.82. The lowest BCUT2D eigenvalue weighted by molar-refractivity contribution is -0.137. The Morgan fingerprint density at radius 3 is 1.72 bits per heavy atom. The number of hydrogen-bond acceptors (Lipinski definition) is 2. The zero-order valence-corrected chi connectivity index (χ0v) is 18.0. The second-order valence-corrected chi connectivity index (χ2v) is 10.7. The molecule has 3 nitrogen and oxygen atoms in total. The van der Waals surface area contributed by atoms with Crippen molar-refractivity contribution in [3.63, 3.8) is 0 Å². The van der Waals surface area contributed by atoms with Crippen LogP contribution >= 0.6 is 0 Å². The van der Waals surface area contributed by atoms with E-state index in [1.54, 1.807) is 41.5 Å². The Morgan fingerprint density at radius 2 is 1.31 bits per heavy atom. The number of sulfonamides is 1. The van der Waals surface area contributed by atoms with E-state index >= 15 is 4.39 Å². The van der Waals surface area contributed by atoms with Gasteiger partial charge in [-0.25, -0.2) is 12.8 Å². The summed E-state index contributed by atoms with van der Waals surface area (Å²) in [5.41, 5.74) is -2.11. The molecule has 0 aliphatic rings. The second kappa shape index (κ2) is 7.31. The largest absolute Gasteiger partial charge is 0.416 e. The number of halogens is 4. The molecule has 0 spiro atoms. The van der Waals surface area contributed by atoms with E-state index in [-0.39, 0.29) is 21.7 Å². The van der Waals surface area contributed by atoms with Crippen LogP contribution in [0, 0.1) is 5.82 Å². The normalized spacial score (nSPS) is 13.4. The Kier molecular flexibility index (Phi) is 5.84. The van der Waals surface area contributed by atoms with Crippen LogP contribution in [-0.4, -0.2) is 8.42 Å². The maximum atomic E-state index is 15.1. The summed E-state index contributed by atoms with van der Waals surface area (Å²) in [5, 5.41) is 0. The van der Waals surface area contributed by atoms with Crippen LogP contribution in [0.15, 0.2) is 41.3 Å². The molecule has 160 valence electrons. The molecular formula is C21H25F4NO2S. The third-order valence-corrected chi connectivity index (χ3v) is 5.78. The highest BCUT2D eigenvalue weighted by Crippen LogP contribution is 2.36. The minimum Gasteiger partial charge on any atom is -0.280 e. The van der Waals surface area contributed by atoms with Crippen molar-refractivity contribution in [1.82, 2.24) is 0 Å². The fraction of sp³-hybridized carbons (Fsp3) is 0.429. The van der Waals surface area contributed by atoms with Crippen LogP contribution in [0.1, 0.15) is 58.2 Å². The number of rotatable bonds is 3. The number of alkyl halides is 3. The van der Waals surface area contributed by atoms with Crippen LogP contribution in [0.25, 0.3) is 0 Å². The third-order valence-electron chi connectivity index (χ3n) is 4.41. The molecule has 2 rings (SSSR count). The average molecular weight is 431 g/mol. The molecule has 0 saturated heterocycles. The predicted molar refractivity (Wildman–Crippen MR) is 106 cm³/mol. The second-order valence-electron chi connectivity index (χ2n) is 9.02.